The number of carbonyl (C=O) groups is 2. The number of nitrogens with zero attached hydrogens (tertiary/aromatic N) is 1. The summed E-state index contributed by atoms with van der Waals surface area (Å²) in [5.74, 6) is 1.32. The lowest BCUT2D eigenvalue weighted by atomic mass is 10.00. The largest absolute Gasteiger partial charge is 0.343 e. The molecule has 2 aromatic carbocycles. The molecule has 0 radical (unpaired) electrons. The average Bonchev–Trinajstić information content (AvgIpc) is 2.72. The van der Waals surface area contributed by atoms with Crippen LogP contribution in [0.1, 0.15) is 23.2 Å². The van der Waals surface area contributed by atoms with Crippen LogP contribution in [0.4, 0.5) is 0 Å². The molecule has 1 aliphatic rings. The molecule has 1 heterocycles. The summed E-state index contributed by atoms with van der Waals surface area (Å²) in [4.78, 5) is 27.7. The predicted octanol–water partition coefficient (Wildman–Crippen LogP) is 3.45. The van der Waals surface area contributed by atoms with Crippen LogP contribution in [0.15, 0.2) is 65.6 Å². The van der Waals surface area contributed by atoms with Gasteiger partial charge in [-0.1, -0.05) is 36.4 Å². The van der Waals surface area contributed by atoms with Crippen molar-refractivity contribution in [3.8, 4) is 0 Å². The first kappa shape index (κ1) is 18.5. The topological polar surface area (TPSA) is 49.4 Å². The first-order chi connectivity index (χ1) is 12.7. The molecule has 136 valence electrons. The molecule has 2 aromatic rings. The average molecular weight is 369 g/mol. The fourth-order valence-corrected chi connectivity index (χ4v) is 4.17. The highest BCUT2D eigenvalue weighted by molar-refractivity contribution is 7.99. The second-order valence-corrected chi connectivity index (χ2v) is 7.61. The van der Waals surface area contributed by atoms with E-state index in [2.05, 4.69) is 29.6 Å². The van der Waals surface area contributed by atoms with Crippen molar-refractivity contribution in [2.75, 3.05) is 25.4 Å². The highest BCUT2D eigenvalue weighted by atomic mass is 32.2. The van der Waals surface area contributed by atoms with Crippen molar-refractivity contribution in [1.82, 2.24) is 10.2 Å². The second-order valence-electron chi connectivity index (χ2n) is 6.52. The molecule has 4 nitrogen and oxygen atoms in total. The van der Waals surface area contributed by atoms with Gasteiger partial charge in [0.25, 0.3) is 5.91 Å². The maximum absolute atomic E-state index is 12.5. The Bertz CT molecular complexity index is 721. The molecule has 0 saturated carbocycles. The van der Waals surface area contributed by atoms with Crippen LogP contribution >= 0.6 is 11.8 Å². The van der Waals surface area contributed by atoms with Gasteiger partial charge < -0.3 is 10.2 Å². The summed E-state index contributed by atoms with van der Waals surface area (Å²) in [6, 6.07) is 19.4. The minimum Gasteiger partial charge on any atom is -0.343 e. The number of carbonyl (C=O) groups excluding carboxylic acids is 2. The lowest BCUT2D eigenvalue weighted by molar-refractivity contribution is -0.131. The molecule has 26 heavy (non-hydrogen) atoms. The summed E-state index contributed by atoms with van der Waals surface area (Å²) < 4.78 is 0. The molecule has 1 atom stereocenters. The van der Waals surface area contributed by atoms with Crippen molar-refractivity contribution in [3.63, 3.8) is 0 Å². The van der Waals surface area contributed by atoms with Crippen molar-refractivity contribution in [2.45, 2.75) is 17.7 Å². The normalized spacial score (nSPS) is 16.9. The molecule has 0 aromatic heterocycles. The van der Waals surface area contributed by atoms with E-state index in [9.17, 15) is 9.59 Å². The van der Waals surface area contributed by atoms with Gasteiger partial charge >= 0.3 is 0 Å². The summed E-state index contributed by atoms with van der Waals surface area (Å²) in [5.41, 5.74) is 0.580. The Hall–Kier alpha value is -2.27. The van der Waals surface area contributed by atoms with E-state index >= 15 is 0 Å². The zero-order chi connectivity index (χ0) is 18.2. The third-order valence-electron chi connectivity index (χ3n) is 4.54. The van der Waals surface area contributed by atoms with Gasteiger partial charge in [-0.05, 0) is 43.0 Å². The second kappa shape index (κ2) is 9.43. The molecule has 5 heteroatoms. The summed E-state index contributed by atoms with van der Waals surface area (Å²) in [5, 5.41) is 2.73. The smallest absolute Gasteiger partial charge is 0.251 e. The van der Waals surface area contributed by atoms with Crippen LogP contribution in [0.2, 0.25) is 0 Å². The fourth-order valence-electron chi connectivity index (χ4n) is 3.12. The SMILES string of the molecule is O=C(NCC(=O)N1CCCC(CSc2ccccc2)C1)c1ccccc1. The lowest BCUT2D eigenvalue weighted by Gasteiger charge is -2.32. The Balaban J connectivity index is 1.44. The van der Waals surface area contributed by atoms with E-state index in [1.54, 1.807) is 12.1 Å². The molecule has 1 aliphatic heterocycles. The Morgan fingerprint density at radius 2 is 1.73 bits per heavy atom. The fraction of sp³-hybridized carbons (Fsp3) is 0.333. The van der Waals surface area contributed by atoms with E-state index in [1.807, 2.05) is 40.9 Å². The summed E-state index contributed by atoms with van der Waals surface area (Å²) in [6.07, 6.45) is 2.18. The third-order valence-corrected chi connectivity index (χ3v) is 5.78. The van der Waals surface area contributed by atoms with E-state index in [0.717, 1.165) is 31.7 Å². The number of rotatable bonds is 6. The first-order valence-corrected chi connectivity index (χ1v) is 10.00. The maximum atomic E-state index is 12.5. The molecule has 2 amide bonds. The van der Waals surface area contributed by atoms with Gasteiger partial charge in [-0.25, -0.2) is 0 Å². The van der Waals surface area contributed by atoms with Gasteiger partial charge in [0.15, 0.2) is 0 Å². The Morgan fingerprint density at radius 3 is 2.46 bits per heavy atom. The van der Waals surface area contributed by atoms with E-state index in [-0.39, 0.29) is 18.4 Å². The van der Waals surface area contributed by atoms with Crippen molar-refractivity contribution < 1.29 is 9.59 Å². The van der Waals surface area contributed by atoms with E-state index in [1.165, 1.54) is 4.90 Å². The number of hydrogen-bond donors (Lipinski definition) is 1. The number of likely N-dealkylation sites (tertiary alicyclic amines) is 1. The van der Waals surface area contributed by atoms with Gasteiger partial charge in [-0.15, -0.1) is 11.8 Å². The van der Waals surface area contributed by atoms with Crippen LogP contribution in [0.3, 0.4) is 0 Å². The number of amides is 2. The first-order valence-electron chi connectivity index (χ1n) is 9.01. The van der Waals surface area contributed by atoms with Crippen molar-refractivity contribution in [3.05, 3.63) is 66.2 Å². The number of nitrogens with one attached hydrogen (secondary N) is 1. The molecule has 1 N–H and O–H groups in total. The van der Waals surface area contributed by atoms with Crippen LogP contribution < -0.4 is 5.32 Å². The molecular formula is C21H24N2O2S. The quantitative estimate of drug-likeness (QED) is 0.795. The van der Waals surface area contributed by atoms with Gasteiger partial charge in [0.1, 0.15) is 0 Å². The van der Waals surface area contributed by atoms with Crippen LogP contribution in [0, 0.1) is 5.92 Å². The molecule has 0 spiro atoms. The van der Waals surface area contributed by atoms with Gasteiger partial charge in [0.2, 0.25) is 5.91 Å². The summed E-state index contributed by atoms with van der Waals surface area (Å²) >= 11 is 1.85. The summed E-state index contributed by atoms with van der Waals surface area (Å²) in [7, 11) is 0. The molecule has 3 rings (SSSR count). The molecular weight excluding hydrogens is 344 g/mol. The van der Waals surface area contributed by atoms with E-state index in [0.29, 0.717) is 11.5 Å². The van der Waals surface area contributed by atoms with Crippen LogP contribution in [0.25, 0.3) is 0 Å². The van der Waals surface area contributed by atoms with Crippen LogP contribution in [0.5, 0.6) is 0 Å². The minimum atomic E-state index is -0.202. The maximum Gasteiger partial charge on any atom is 0.251 e. The zero-order valence-corrected chi connectivity index (χ0v) is 15.6. The Kier molecular flexibility index (Phi) is 6.72. The van der Waals surface area contributed by atoms with Gasteiger partial charge in [0, 0.05) is 29.3 Å². The van der Waals surface area contributed by atoms with Gasteiger partial charge in [0.05, 0.1) is 6.54 Å². The zero-order valence-electron chi connectivity index (χ0n) is 14.8. The standard InChI is InChI=1S/C21H24N2O2S/c24-20(14-22-21(25)18-9-3-1-4-10-18)23-13-7-8-17(15-23)16-26-19-11-5-2-6-12-19/h1-6,9-12,17H,7-8,13-16H2,(H,22,25). The molecule has 0 bridgehead atoms. The van der Waals surface area contributed by atoms with E-state index < -0.39 is 0 Å². The molecule has 1 unspecified atom stereocenters. The van der Waals surface area contributed by atoms with Crippen LogP contribution in [-0.4, -0.2) is 42.1 Å². The number of thioether (sulfide) groups is 1. The van der Waals surface area contributed by atoms with E-state index in [4.69, 9.17) is 0 Å². The predicted molar refractivity (Wildman–Crippen MR) is 105 cm³/mol. The van der Waals surface area contributed by atoms with Crippen molar-refractivity contribution in [1.29, 1.82) is 0 Å². The third kappa shape index (κ3) is 5.36. The Labute approximate surface area is 159 Å². The summed E-state index contributed by atoms with van der Waals surface area (Å²) in [6.45, 7) is 1.62. The number of piperidine rings is 1. The number of hydrogen-bond acceptors (Lipinski definition) is 3. The minimum absolute atomic E-state index is 0.00342. The highest BCUT2D eigenvalue weighted by Gasteiger charge is 2.24. The monoisotopic (exact) mass is 368 g/mol. The van der Waals surface area contributed by atoms with Crippen molar-refractivity contribution >= 4 is 23.6 Å². The van der Waals surface area contributed by atoms with Crippen LogP contribution in [-0.2, 0) is 4.79 Å². The van der Waals surface area contributed by atoms with Gasteiger partial charge in [-0.3, -0.25) is 9.59 Å². The lowest BCUT2D eigenvalue weighted by Crippen LogP contribution is -2.45. The Morgan fingerprint density at radius 1 is 1.04 bits per heavy atom. The van der Waals surface area contributed by atoms with Crippen molar-refractivity contribution in [2.24, 2.45) is 5.92 Å². The molecule has 0 aliphatic carbocycles. The highest BCUT2D eigenvalue weighted by Crippen LogP contribution is 2.25. The van der Waals surface area contributed by atoms with Gasteiger partial charge in [-0.2, -0.15) is 0 Å². The molecule has 1 saturated heterocycles. The number of benzene rings is 2. The molecule has 1 fully saturated rings.